The molecule has 1 spiro atoms. The Bertz CT molecular complexity index is 724. The normalized spacial score (nSPS) is 24.3. The van der Waals surface area contributed by atoms with E-state index in [0.717, 1.165) is 24.0 Å². The van der Waals surface area contributed by atoms with Crippen LogP contribution in [-0.2, 0) is 20.6 Å². The van der Waals surface area contributed by atoms with Crippen LogP contribution in [0.25, 0.3) is 0 Å². The smallest absolute Gasteiger partial charge is 0.320 e. The number of nitrogens with one attached hydrogen (secondary N) is 1. The molecule has 0 bridgehead atoms. The highest BCUT2D eigenvalue weighted by Crippen LogP contribution is 2.40. The molecule has 2 heterocycles. The third kappa shape index (κ3) is 3.63. The number of piperidine rings is 1. The Morgan fingerprint density at radius 1 is 1.38 bits per heavy atom. The van der Waals surface area contributed by atoms with E-state index in [1.54, 1.807) is 4.31 Å². The van der Waals surface area contributed by atoms with Crippen molar-refractivity contribution in [1.29, 1.82) is 0 Å². The van der Waals surface area contributed by atoms with Crippen molar-refractivity contribution in [2.45, 2.75) is 38.0 Å². The van der Waals surface area contributed by atoms with Crippen LogP contribution in [0, 0.1) is 12.3 Å². The first kappa shape index (κ1) is 17.4. The summed E-state index contributed by atoms with van der Waals surface area (Å²) in [5.74, 6) is -0.793. The van der Waals surface area contributed by atoms with Gasteiger partial charge >= 0.3 is 5.97 Å². The van der Waals surface area contributed by atoms with Crippen LogP contribution < -0.4 is 5.32 Å². The van der Waals surface area contributed by atoms with Crippen molar-refractivity contribution in [3.8, 4) is 0 Å². The lowest BCUT2D eigenvalue weighted by atomic mass is 9.77. The van der Waals surface area contributed by atoms with E-state index >= 15 is 0 Å². The molecule has 1 atom stereocenters. The molecule has 3 rings (SSSR count). The second kappa shape index (κ2) is 6.46. The van der Waals surface area contributed by atoms with Gasteiger partial charge in [0, 0.05) is 19.6 Å². The molecule has 1 unspecified atom stereocenters. The molecule has 1 aromatic rings. The fourth-order valence-corrected chi connectivity index (χ4v) is 5.34. The topological polar surface area (TPSA) is 86.7 Å². The van der Waals surface area contributed by atoms with E-state index in [-0.39, 0.29) is 11.2 Å². The van der Waals surface area contributed by atoms with Gasteiger partial charge in [-0.1, -0.05) is 29.8 Å². The number of carboxylic acid groups (broad SMARTS) is 1. The molecular weight excluding hydrogens is 328 g/mol. The minimum Gasteiger partial charge on any atom is -0.480 e. The van der Waals surface area contributed by atoms with Crippen molar-refractivity contribution >= 4 is 16.0 Å². The van der Waals surface area contributed by atoms with Gasteiger partial charge in [-0.3, -0.25) is 4.79 Å². The summed E-state index contributed by atoms with van der Waals surface area (Å²) in [5, 5.41) is 12.2. The Morgan fingerprint density at radius 3 is 2.67 bits per heavy atom. The zero-order chi connectivity index (χ0) is 17.4. The van der Waals surface area contributed by atoms with Crippen molar-refractivity contribution in [3.05, 3.63) is 35.4 Å². The molecule has 1 aromatic carbocycles. The van der Waals surface area contributed by atoms with Gasteiger partial charge in [0.05, 0.1) is 5.75 Å². The molecule has 0 radical (unpaired) electrons. The standard InChI is InChI=1S/C17H24N2O4S/c1-13-3-2-4-14(9-13)11-24(22,23)19-7-5-17(6-8-19)10-15(16(20)21)18-12-17/h2-4,9,15,18H,5-8,10-12H2,1H3,(H,20,21). The number of hydrogen-bond acceptors (Lipinski definition) is 4. The van der Waals surface area contributed by atoms with Gasteiger partial charge in [-0.25, -0.2) is 12.7 Å². The second-order valence-corrected chi connectivity index (χ2v) is 9.09. The van der Waals surface area contributed by atoms with Crippen molar-refractivity contribution in [2.75, 3.05) is 19.6 Å². The third-order valence-corrected chi connectivity index (χ3v) is 7.12. The zero-order valence-electron chi connectivity index (χ0n) is 13.9. The van der Waals surface area contributed by atoms with E-state index in [9.17, 15) is 13.2 Å². The van der Waals surface area contributed by atoms with Gasteiger partial charge < -0.3 is 10.4 Å². The van der Waals surface area contributed by atoms with Crippen LogP contribution in [0.2, 0.25) is 0 Å². The lowest BCUT2D eigenvalue weighted by molar-refractivity contribution is -0.139. The Balaban J connectivity index is 1.63. The van der Waals surface area contributed by atoms with Crippen molar-refractivity contribution in [3.63, 3.8) is 0 Å². The maximum atomic E-state index is 12.7. The SMILES string of the molecule is Cc1cccc(CS(=O)(=O)N2CCC3(CC2)CNC(C(=O)O)C3)c1. The number of benzene rings is 1. The molecule has 0 amide bonds. The number of carbonyl (C=O) groups is 1. The summed E-state index contributed by atoms with van der Waals surface area (Å²) >= 11 is 0. The molecule has 7 heteroatoms. The van der Waals surface area contributed by atoms with E-state index in [0.29, 0.717) is 26.1 Å². The molecule has 2 N–H and O–H groups in total. The molecule has 0 aromatic heterocycles. The molecular formula is C17H24N2O4S. The first-order valence-electron chi connectivity index (χ1n) is 8.29. The number of aryl methyl sites for hydroxylation is 1. The highest BCUT2D eigenvalue weighted by molar-refractivity contribution is 7.88. The molecule has 2 saturated heterocycles. The van der Waals surface area contributed by atoms with Crippen LogP contribution in [0.1, 0.15) is 30.4 Å². The van der Waals surface area contributed by atoms with Gasteiger partial charge in [-0.2, -0.15) is 0 Å². The van der Waals surface area contributed by atoms with Crippen molar-refractivity contribution < 1.29 is 18.3 Å². The number of carboxylic acids is 1. The van der Waals surface area contributed by atoms with Crippen molar-refractivity contribution in [2.24, 2.45) is 5.41 Å². The molecule has 132 valence electrons. The number of aliphatic carboxylic acids is 1. The van der Waals surface area contributed by atoms with E-state index < -0.39 is 22.0 Å². The van der Waals surface area contributed by atoms with Crippen molar-refractivity contribution in [1.82, 2.24) is 9.62 Å². The summed E-state index contributed by atoms with van der Waals surface area (Å²) in [6.45, 7) is 3.56. The summed E-state index contributed by atoms with van der Waals surface area (Å²) in [5.41, 5.74) is 1.79. The first-order valence-corrected chi connectivity index (χ1v) is 9.90. The fraction of sp³-hybridized carbons (Fsp3) is 0.588. The Morgan fingerprint density at radius 2 is 2.08 bits per heavy atom. The number of hydrogen-bond donors (Lipinski definition) is 2. The quantitative estimate of drug-likeness (QED) is 0.854. The predicted octanol–water partition coefficient (Wildman–Crippen LogP) is 1.35. The number of sulfonamides is 1. The van der Waals surface area contributed by atoms with E-state index in [2.05, 4.69) is 5.32 Å². The lowest BCUT2D eigenvalue weighted by Gasteiger charge is -2.38. The summed E-state index contributed by atoms with van der Waals surface area (Å²) in [6.07, 6.45) is 2.03. The first-order chi connectivity index (χ1) is 11.3. The van der Waals surface area contributed by atoms with Gasteiger partial charge in [-0.05, 0) is 37.2 Å². The highest BCUT2D eigenvalue weighted by Gasteiger charge is 2.45. The lowest BCUT2D eigenvalue weighted by Crippen LogP contribution is -2.44. The van der Waals surface area contributed by atoms with Crippen LogP contribution in [0.15, 0.2) is 24.3 Å². The highest BCUT2D eigenvalue weighted by atomic mass is 32.2. The van der Waals surface area contributed by atoms with E-state index in [1.165, 1.54) is 0 Å². The summed E-state index contributed by atoms with van der Waals surface area (Å²) < 4.78 is 26.9. The Hall–Kier alpha value is -1.44. The van der Waals surface area contributed by atoms with Crippen LogP contribution in [0.4, 0.5) is 0 Å². The van der Waals surface area contributed by atoms with Gasteiger partial charge in [0.25, 0.3) is 0 Å². The fourth-order valence-electron chi connectivity index (χ4n) is 3.82. The largest absolute Gasteiger partial charge is 0.480 e. The average Bonchev–Trinajstić information content (AvgIpc) is 2.91. The monoisotopic (exact) mass is 352 g/mol. The molecule has 2 fully saturated rings. The second-order valence-electron chi connectivity index (χ2n) is 7.12. The minimum atomic E-state index is -3.33. The van der Waals surface area contributed by atoms with Gasteiger partial charge in [-0.15, -0.1) is 0 Å². The minimum absolute atomic E-state index is 0.0255. The molecule has 0 saturated carbocycles. The average molecular weight is 352 g/mol. The third-order valence-electron chi connectivity index (χ3n) is 5.27. The Labute approximate surface area is 142 Å². The predicted molar refractivity (Wildman–Crippen MR) is 91.1 cm³/mol. The molecule has 2 aliphatic rings. The van der Waals surface area contributed by atoms with Crippen LogP contribution in [-0.4, -0.2) is 49.5 Å². The van der Waals surface area contributed by atoms with E-state index in [1.807, 2.05) is 31.2 Å². The summed E-state index contributed by atoms with van der Waals surface area (Å²) in [4.78, 5) is 11.1. The molecule has 2 aliphatic heterocycles. The van der Waals surface area contributed by atoms with Crippen LogP contribution in [0.5, 0.6) is 0 Å². The molecule has 6 nitrogen and oxygen atoms in total. The van der Waals surface area contributed by atoms with Crippen LogP contribution in [0.3, 0.4) is 0 Å². The Kier molecular flexibility index (Phi) is 4.68. The van der Waals surface area contributed by atoms with Gasteiger partial charge in [0.1, 0.15) is 6.04 Å². The van der Waals surface area contributed by atoms with Gasteiger partial charge in [0.2, 0.25) is 10.0 Å². The zero-order valence-corrected chi connectivity index (χ0v) is 14.7. The summed E-state index contributed by atoms with van der Waals surface area (Å²) in [7, 11) is -3.33. The summed E-state index contributed by atoms with van der Waals surface area (Å²) in [6, 6.07) is 7.07. The number of rotatable bonds is 4. The maximum Gasteiger partial charge on any atom is 0.320 e. The molecule has 24 heavy (non-hydrogen) atoms. The maximum absolute atomic E-state index is 12.7. The molecule has 0 aliphatic carbocycles. The van der Waals surface area contributed by atoms with Crippen LogP contribution >= 0.6 is 0 Å². The number of nitrogens with zero attached hydrogens (tertiary/aromatic N) is 1. The van der Waals surface area contributed by atoms with E-state index in [4.69, 9.17) is 5.11 Å². The van der Waals surface area contributed by atoms with Gasteiger partial charge in [0.15, 0.2) is 0 Å².